The van der Waals surface area contributed by atoms with Gasteiger partial charge in [0.25, 0.3) is 0 Å². The van der Waals surface area contributed by atoms with Crippen molar-refractivity contribution in [3.63, 3.8) is 0 Å². The Morgan fingerprint density at radius 1 is 0.390 bits per heavy atom. The summed E-state index contributed by atoms with van der Waals surface area (Å²) in [7, 11) is 5.90. The second kappa shape index (κ2) is 57.3. The summed E-state index contributed by atoms with van der Waals surface area (Å²) in [5.41, 5.74) is 0. The van der Waals surface area contributed by atoms with Gasteiger partial charge in [0.1, 0.15) is 13.2 Å². The third kappa shape index (κ3) is 58.7. The number of nitrogens with zero attached hydrogens (tertiary/aromatic N) is 1. The van der Waals surface area contributed by atoms with Gasteiger partial charge in [-0.05, 0) is 116 Å². The number of esters is 2. The van der Waals surface area contributed by atoms with E-state index in [1.54, 1.807) is 0 Å². The summed E-state index contributed by atoms with van der Waals surface area (Å²) >= 11 is 0. The molecule has 0 aliphatic carbocycles. The molecule has 0 N–H and O–H groups in total. The molecule has 0 saturated heterocycles. The van der Waals surface area contributed by atoms with Gasteiger partial charge in [-0.3, -0.25) is 9.59 Å². The highest BCUT2D eigenvalue weighted by Gasteiger charge is 2.22. The molecule has 9 nitrogen and oxygen atoms in total. The zero-order chi connectivity index (χ0) is 56.2. The first-order valence-corrected chi connectivity index (χ1v) is 30.0. The number of carboxylic acids is 1. The number of unbranched alkanes of at least 4 members (excludes halogenated alkanes) is 14. The SMILES string of the molecule is CC/C=C\C/C=C\C/C=C\C/C=C\C/C=C\C/C=C\CCCCCCCCCCCCC(=O)OC(COC(=O)CCCCCC/C=C\C/C=C\C/C=C\C/C=C\C/C=C\C/C=C\CC)COC(OCC[N+](C)(C)C)C(=O)[O-]. The standard InChI is InChI=1S/C68H109NO8/c1-6-8-10-12-14-16-18-20-22-24-26-28-30-31-32-33-34-35-37-39-41-43-45-47-49-51-53-55-57-59-66(71)77-64(63-76-68(67(72)73)74-61-60-69(3,4)5)62-75-65(70)58-56-54-52-50-48-46-44-42-40-38-36-29-27-25-23-21-19-17-15-13-11-9-7-2/h8-11,14-17,20-23,26-29,31-32,34-35,38,40,44,46,64,68H,6-7,12-13,18-19,24-25,30,33,36-37,39,41-43,45,47-63H2,1-5H3/b10-8-,11-9-,16-14-,17-15-,22-20-,23-21-,28-26-,29-27-,32-31-,35-34-,40-38-,46-44-. The van der Waals surface area contributed by atoms with Gasteiger partial charge in [-0.15, -0.1) is 0 Å². The van der Waals surface area contributed by atoms with Crippen LogP contribution in [0.1, 0.15) is 206 Å². The van der Waals surface area contributed by atoms with Crippen LogP contribution < -0.4 is 5.11 Å². The summed E-state index contributed by atoms with van der Waals surface area (Å²) in [5, 5.41) is 11.8. The van der Waals surface area contributed by atoms with E-state index in [1.807, 2.05) is 21.1 Å². The Hall–Kier alpha value is -4.83. The maximum atomic E-state index is 12.9. The molecular weight excluding hydrogens is 959 g/mol. The van der Waals surface area contributed by atoms with Crippen molar-refractivity contribution < 1.29 is 42.9 Å². The number of rotatable bonds is 53. The molecule has 0 aromatic rings. The third-order valence-corrected chi connectivity index (χ3v) is 12.1. The average Bonchev–Trinajstić information content (AvgIpc) is 3.40. The van der Waals surface area contributed by atoms with Crippen LogP contribution in [0.15, 0.2) is 146 Å². The van der Waals surface area contributed by atoms with Crippen molar-refractivity contribution in [1.29, 1.82) is 0 Å². The second-order valence-corrected chi connectivity index (χ2v) is 20.5. The first-order chi connectivity index (χ1) is 37.6. The molecule has 0 aromatic heterocycles. The summed E-state index contributed by atoms with van der Waals surface area (Å²) in [6.45, 7) is 4.46. The number of carbonyl (C=O) groups is 3. The van der Waals surface area contributed by atoms with Crippen LogP contribution in [-0.4, -0.2) is 82.3 Å². The molecule has 77 heavy (non-hydrogen) atoms. The number of hydrogen-bond donors (Lipinski definition) is 0. The molecule has 0 radical (unpaired) electrons. The van der Waals surface area contributed by atoms with E-state index < -0.39 is 24.3 Å². The number of aliphatic carboxylic acids is 1. The van der Waals surface area contributed by atoms with Crippen molar-refractivity contribution in [1.82, 2.24) is 0 Å². The van der Waals surface area contributed by atoms with Gasteiger partial charge >= 0.3 is 11.9 Å². The molecule has 0 rings (SSSR count). The highest BCUT2D eigenvalue weighted by molar-refractivity contribution is 5.70. The lowest BCUT2D eigenvalue weighted by Crippen LogP contribution is -2.44. The van der Waals surface area contributed by atoms with E-state index in [0.29, 0.717) is 23.9 Å². The van der Waals surface area contributed by atoms with Crippen molar-refractivity contribution >= 4 is 17.9 Å². The summed E-state index contributed by atoms with van der Waals surface area (Å²) in [4.78, 5) is 37.3. The van der Waals surface area contributed by atoms with Gasteiger partial charge in [0, 0.05) is 12.8 Å². The lowest BCUT2D eigenvalue weighted by molar-refractivity contribution is -0.870. The maximum absolute atomic E-state index is 12.9. The van der Waals surface area contributed by atoms with Crippen LogP contribution in [0.5, 0.6) is 0 Å². The van der Waals surface area contributed by atoms with Crippen molar-refractivity contribution in [3.05, 3.63) is 146 Å². The molecule has 0 spiro atoms. The van der Waals surface area contributed by atoms with Crippen molar-refractivity contribution in [3.8, 4) is 0 Å². The van der Waals surface area contributed by atoms with E-state index in [-0.39, 0.29) is 38.6 Å². The number of likely N-dealkylation sites (N-methyl/N-ethyl adjacent to an activating group) is 1. The molecule has 0 aromatic carbocycles. The van der Waals surface area contributed by atoms with Crippen LogP contribution >= 0.6 is 0 Å². The molecule has 0 aliphatic heterocycles. The fourth-order valence-electron chi connectivity index (χ4n) is 7.54. The van der Waals surface area contributed by atoms with Gasteiger partial charge in [0.05, 0.1) is 40.3 Å². The first-order valence-electron chi connectivity index (χ1n) is 30.0. The Morgan fingerprint density at radius 3 is 1.04 bits per heavy atom. The normalized spacial score (nSPS) is 13.8. The molecule has 2 atom stereocenters. The predicted octanol–water partition coefficient (Wildman–Crippen LogP) is 16.7. The van der Waals surface area contributed by atoms with E-state index in [4.69, 9.17) is 18.9 Å². The predicted molar refractivity (Wildman–Crippen MR) is 324 cm³/mol. The van der Waals surface area contributed by atoms with Gasteiger partial charge in [-0.1, -0.05) is 224 Å². The quantitative estimate of drug-likeness (QED) is 0.0195. The lowest BCUT2D eigenvalue weighted by Gasteiger charge is -2.26. The fraction of sp³-hybridized carbons (Fsp3) is 0.603. The second-order valence-electron chi connectivity index (χ2n) is 20.5. The first kappa shape index (κ1) is 72.2. The zero-order valence-corrected chi connectivity index (χ0v) is 49.3. The van der Waals surface area contributed by atoms with E-state index in [2.05, 4.69) is 160 Å². The van der Waals surface area contributed by atoms with Gasteiger partial charge in [-0.2, -0.15) is 0 Å². The number of carbonyl (C=O) groups excluding carboxylic acids is 3. The number of carboxylic acid groups (broad SMARTS) is 1. The number of allylic oxidation sites excluding steroid dienone is 24. The summed E-state index contributed by atoms with van der Waals surface area (Å²) in [5.74, 6) is -2.34. The average molecular weight is 1070 g/mol. The Kier molecular flexibility index (Phi) is 53.8. The van der Waals surface area contributed by atoms with Crippen LogP contribution in [0.25, 0.3) is 0 Å². The maximum Gasteiger partial charge on any atom is 0.306 e. The smallest absolute Gasteiger partial charge is 0.306 e. The fourth-order valence-corrected chi connectivity index (χ4v) is 7.54. The molecule has 2 unspecified atom stereocenters. The van der Waals surface area contributed by atoms with Gasteiger partial charge in [0.2, 0.25) is 0 Å². The molecule has 0 bridgehead atoms. The topological polar surface area (TPSA) is 111 Å². The number of hydrogen-bond acceptors (Lipinski definition) is 8. The lowest BCUT2D eigenvalue weighted by atomic mass is 10.0. The van der Waals surface area contributed by atoms with Crippen LogP contribution in [0.2, 0.25) is 0 Å². The van der Waals surface area contributed by atoms with Gasteiger partial charge in [0.15, 0.2) is 12.4 Å². The highest BCUT2D eigenvalue weighted by atomic mass is 16.7. The summed E-state index contributed by atoms with van der Waals surface area (Å²) < 4.78 is 22.7. The summed E-state index contributed by atoms with van der Waals surface area (Å²) in [6.07, 6.45) is 80.3. The van der Waals surface area contributed by atoms with Crippen molar-refractivity contribution in [2.75, 3.05) is 47.5 Å². The Balaban J connectivity index is 4.32. The minimum atomic E-state index is -1.64. The molecule has 0 amide bonds. The largest absolute Gasteiger partial charge is 0.545 e. The Labute approximate surface area is 471 Å². The van der Waals surface area contributed by atoms with E-state index in [1.165, 1.54) is 38.5 Å². The van der Waals surface area contributed by atoms with Gasteiger partial charge in [-0.25, -0.2) is 0 Å². The molecule has 0 aliphatic rings. The molecule has 434 valence electrons. The van der Waals surface area contributed by atoms with Crippen molar-refractivity contribution in [2.45, 2.75) is 219 Å². The van der Waals surface area contributed by atoms with Crippen LogP contribution in [-0.2, 0) is 33.3 Å². The minimum Gasteiger partial charge on any atom is -0.545 e. The van der Waals surface area contributed by atoms with Crippen molar-refractivity contribution in [2.24, 2.45) is 0 Å². The molecule has 0 fully saturated rings. The van der Waals surface area contributed by atoms with E-state index in [9.17, 15) is 19.5 Å². The summed E-state index contributed by atoms with van der Waals surface area (Å²) in [6, 6.07) is 0. The molecule has 0 saturated carbocycles. The van der Waals surface area contributed by atoms with Crippen LogP contribution in [0.3, 0.4) is 0 Å². The molecule has 0 heterocycles. The minimum absolute atomic E-state index is 0.134. The molecule has 9 heteroatoms. The number of quaternary nitrogens is 1. The number of ether oxygens (including phenoxy) is 4. The third-order valence-electron chi connectivity index (χ3n) is 12.1. The van der Waals surface area contributed by atoms with Gasteiger partial charge < -0.3 is 33.3 Å². The van der Waals surface area contributed by atoms with E-state index in [0.717, 1.165) is 128 Å². The molecular formula is C68H109NO8. The zero-order valence-electron chi connectivity index (χ0n) is 49.3. The van der Waals surface area contributed by atoms with Crippen LogP contribution in [0.4, 0.5) is 0 Å². The van der Waals surface area contributed by atoms with E-state index >= 15 is 0 Å². The monoisotopic (exact) mass is 1070 g/mol. The highest BCUT2D eigenvalue weighted by Crippen LogP contribution is 2.14. The Bertz CT molecular complexity index is 1770. The Morgan fingerprint density at radius 2 is 0.701 bits per heavy atom. The van der Waals surface area contributed by atoms with Crippen LogP contribution in [0, 0.1) is 0 Å².